The highest BCUT2D eigenvalue weighted by Gasteiger charge is 2.06. The predicted octanol–water partition coefficient (Wildman–Crippen LogP) is 2.41. The molecule has 0 aliphatic carbocycles. The van der Waals surface area contributed by atoms with Gasteiger partial charge < -0.3 is 21.5 Å². The molecule has 26 heavy (non-hydrogen) atoms. The van der Waals surface area contributed by atoms with Crippen LogP contribution in [0.15, 0.2) is 42.7 Å². The van der Waals surface area contributed by atoms with E-state index >= 15 is 0 Å². The van der Waals surface area contributed by atoms with E-state index in [9.17, 15) is 0 Å². The molecule has 9 heteroatoms. The second-order valence-corrected chi connectivity index (χ2v) is 5.86. The molecule has 8 nitrogen and oxygen atoms in total. The minimum atomic E-state index is 0.121. The van der Waals surface area contributed by atoms with Crippen LogP contribution in [0.2, 0.25) is 5.02 Å². The summed E-state index contributed by atoms with van der Waals surface area (Å²) < 4.78 is 5.76. The molecule has 0 fully saturated rings. The highest BCUT2D eigenvalue weighted by molar-refractivity contribution is 6.30. The molecular formula is C17H18ClN7O. The van der Waals surface area contributed by atoms with Gasteiger partial charge in [0.15, 0.2) is 0 Å². The zero-order valence-electron chi connectivity index (χ0n) is 13.9. The summed E-state index contributed by atoms with van der Waals surface area (Å²) in [4.78, 5) is 16.4. The molecule has 0 spiro atoms. The largest absolute Gasteiger partial charge is 0.439 e. The summed E-state index contributed by atoms with van der Waals surface area (Å²) in [6.07, 6.45) is 3.84. The number of benzene rings is 1. The Hall–Kier alpha value is -2.97. The molecule has 0 amide bonds. The molecule has 0 saturated carbocycles. The summed E-state index contributed by atoms with van der Waals surface area (Å²) in [5.41, 5.74) is 13.1. The maximum absolute atomic E-state index is 5.77. The lowest BCUT2D eigenvalue weighted by Crippen LogP contribution is -2.07. The zero-order valence-corrected chi connectivity index (χ0v) is 14.6. The van der Waals surface area contributed by atoms with Gasteiger partial charge in [0.25, 0.3) is 0 Å². The van der Waals surface area contributed by atoms with Crippen molar-refractivity contribution in [2.45, 2.75) is 13.0 Å². The number of halogens is 1. The van der Waals surface area contributed by atoms with Crippen LogP contribution in [0.5, 0.6) is 11.6 Å². The summed E-state index contributed by atoms with van der Waals surface area (Å²) in [7, 11) is 0. The van der Waals surface area contributed by atoms with Gasteiger partial charge in [-0.2, -0.15) is 4.98 Å². The van der Waals surface area contributed by atoms with E-state index < -0.39 is 0 Å². The molecule has 0 saturated heterocycles. The Balaban J connectivity index is 1.67. The van der Waals surface area contributed by atoms with Crippen LogP contribution in [-0.2, 0) is 13.0 Å². The maximum atomic E-state index is 5.77. The summed E-state index contributed by atoms with van der Waals surface area (Å²) in [6.45, 7) is 0.969. The molecule has 0 radical (unpaired) electrons. The van der Waals surface area contributed by atoms with Crippen molar-refractivity contribution in [2.24, 2.45) is 5.73 Å². The monoisotopic (exact) mass is 371 g/mol. The summed E-state index contributed by atoms with van der Waals surface area (Å²) in [6, 6.07) is 9.36. The molecule has 2 heterocycles. The van der Waals surface area contributed by atoms with Crippen LogP contribution in [0.3, 0.4) is 0 Å². The van der Waals surface area contributed by atoms with E-state index in [0.717, 1.165) is 12.0 Å². The third kappa shape index (κ3) is 5.01. The number of nitrogens with one attached hydrogen (secondary N) is 1. The summed E-state index contributed by atoms with van der Waals surface area (Å²) in [5.74, 6) is 1.57. The quantitative estimate of drug-likeness (QED) is 0.578. The molecule has 2 aromatic heterocycles. The van der Waals surface area contributed by atoms with E-state index in [2.05, 4.69) is 25.3 Å². The number of nitrogen functional groups attached to an aromatic ring is 1. The fraction of sp³-hybridized carbons (Fsp3) is 0.176. The van der Waals surface area contributed by atoms with Crippen molar-refractivity contribution in [2.75, 3.05) is 17.6 Å². The number of rotatable bonds is 7. The zero-order chi connectivity index (χ0) is 18.4. The van der Waals surface area contributed by atoms with Crippen molar-refractivity contribution in [3.8, 4) is 11.6 Å². The highest BCUT2D eigenvalue weighted by Crippen LogP contribution is 2.21. The first-order valence-electron chi connectivity index (χ1n) is 7.94. The van der Waals surface area contributed by atoms with Crippen molar-refractivity contribution in [3.63, 3.8) is 0 Å². The minimum absolute atomic E-state index is 0.121. The molecule has 3 aromatic rings. The molecule has 134 valence electrons. The van der Waals surface area contributed by atoms with Crippen LogP contribution >= 0.6 is 11.6 Å². The van der Waals surface area contributed by atoms with Gasteiger partial charge in [0.1, 0.15) is 5.75 Å². The van der Waals surface area contributed by atoms with Gasteiger partial charge in [-0.05, 0) is 30.7 Å². The van der Waals surface area contributed by atoms with Gasteiger partial charge in [-0.1, -0.05) is 23.7 Å². The van der Waals surface area contributed by atoms with E-state index in [4.69, 9.17) is 27.8 Å². The second-order valence-electron chi connectivity index (χ2n) is 5.42. The molecule has 0 aliphatic heterocycles. The summed E-state index contributed by atoms with van der Waals surface area (Å²) in [5, 5.41) is 3.50. The Morgan fingerprint density at radius 3 is 2.50 bits per heavy atom. The van der Waals surface area contributed by atoms with Crippen LogP contribution in [-0.4, -0.2) is 26.5 Å². The lowest BCUT2D eigenvalue weighted by atomic mass is 10.1. The fourth-order valence-corrected chi connectivity index (χ4v) is 2.32. The molecule has 0 aliphatic rings. The second kappa shape index (κ2) is 8.41. The lowest BCUT2D eigenvalue weighted by molar-refractivity contribution is 0.461. The topological polar surface area (TPSA) is 125 Å². The third-order valence-corrected chi connectivity index (χ3v) is 3.59. The standard InChI is InChI=1S/C17H18ClN7O/c18-12-8-21-17(22-9-12)23-10-13-7-15(25-16(20)24-13)26-14-3-1-11(2-4-14)5-6-19/h1-4,7-9H,5-6,10,19H2,(H2,20,24,25)(H,21,22,23). The number of aromatic nitrogens is 4. The number of anilines is 2. The first-order chi connectivity index (χ1) is 12.6. The third-order valence-electron chi connectivity index (χ3n) is 3.40. The average Bonchev–Trinajstić information content (AvgIpc) is 2.63. The van der Waals surface area contributed by atoms with E-state index in [-0.39, 0.29) is 5.95 Å². The van der Waals surface area contributed by atoms with E-state index in [1.165, 1.54) is 12.4 Å². The van der Waals surface area contributed by atoms with Gasteiger partial charge in [-0.25, -0.2) is 15.0 Å². The van der Waals surface area contributed by atoms with Gasteiger partial charge in [0.05, 0.1) is 29.7 Å². The fourth-order valence-electron chi connectivity index (χ4n) is 2.22. The predicted molar refractivity (Wildman–Crippen MR) is 100 cm³/mol. The summed E-state index contributed by atoms with van der Waals surface area (Å²) >= 11 is 5.76. The SMILES string of the molecule is NCCc1ccc(Oc2cc(CNc3ncc(Cl)cn3)nc(N)n2)cc1. The normalized spacial score (nSPS) is 10.5. The van der Waals surface area contributed by atoms with Crippen LogP contribution in [0, 0.1) is 0 Å². The van der Waals surface area contributed by atoms with E-state index in [0.29, 0.717) is 41.4 Å². The lowest BCUT2D eigenvalue weighted by Gasteiger charge is -2.09. The Morgan fingerprint density at radius 2 is 1.81 bits per heavy atom. The van der Waals surface area contributed by atoms with Crippen LogP contribution < -0.4 is 21.5 Å². The number of hydrogen-bond donors (Lipinski definition) is 3. The van der Waals surface area contributed by atoms with Gasteiger partial charge in [0.2, 0.25) is 17.8 Å². The van der Waals surface area contributed by atoms with Crippen LogP contribution in [0.1, 0.15) is 11.3 Å². The molecule has 0 bridgehead atoms. The molecular weight excluding hydrogens is 354 g/mol. The number of nitrogens with zero attached hydrogens (tertiary/aromatic N) is 4. The Bertz CT molecular complexity index is 856. The molecule has 0 atom stereocenters. The van der Waals surface area contributed by atoms with Gasteiger partial charge in [-0.15, -0.1) is 0 Å². The number of ether oxygens (including phenoxy) is 1. The minimum Gasteiger partial charge on any atom is -0.439 e. The smallest absolute Gasteiger partial charge is 0.224 e. The number of hydrogen-bond acceptors (Lipinski definition) is 8. The Labute approximate surface area is 155 Å². The molecule has 0 unspecified atom stereocenters. The number of nitrogens with two attached hydrogens (primary N) is 2. The Kier molecular flexibility index (Phi) is 5.77. The van der Waals surface area contributed by atoms with Crippen LogP contribution in [0.4, 0.5) is 11.9 Å². The maximum Gasteiger partial charge on any atom is 0.224 e. The first-order valence-corrected chi connectivity index (χ1v) is 8.32. The van der Waals surface area contributed by atoms with Crippen molar-refractivity contribution in [3.05, 3.63) is 59.0 Å². The van der Waals surface area contributed by atoms with Crippen molar-refractivity contribution in [1.29, 1.82) is 0 Å². The Morgan fingerprint density at radius 1 is 1.08 bits per heavy atom. The molecule has 1 aromatic carbocycles. The van der Waals surface area contributed by atoms with E-state index in [1.54, 1.807) is 6.07 Å². The first kappa shape index (κ1) is 17.8. The highest BCUT2D eigenvalue weighted by atomic mass is 35.5. The van der Waals surface area contributed by atoms with Gasteiger partial charge >= 0.3 is 0 Å². The van der Waals surface area contributed by atoms with Gasteiger partial charge in [-0.3, -0.25) is 0 Å². The van der Waals surface area contributed by atoms with Crippen LogP contribution in [0.25, 0.3) is 0 Å². The van der Waals surface area contributed by atoms with Crippen molar-refractivity contribution >= 4 is 23.5 Å². The van der Waals surface area contributed by atoms with E-state index in [1.807, 2.05) is 24.3 Å². The molecule has 5 N–H and O–H groups in total. The average molecular weight is 372 g/mol. The molecule has 3 rings (SSSR count). The van der Waals surface area contributed by atoms with Crippen molar-refractivity contribution < 1.29 is 4.74 Å². The van der Waals surface area contributed by atoms with Gasteiger partial charge in [0, 0.05) is 6.07 Å². The van der Waals surface area contributed by atoms with Crippen molar-refractivity contribution in [1.82, 2.24) is 19.9 Å².